The molecule has 0 saturated carbocycles. The van der Waals surface area contributed by atoms with Crippen molar-refractivity contribution >= 4 is 34.8 Å². The van der Waals surface area contributed by atoms with Crippen LogP contribution >= 0.6 is 23.2 Å². The number of halogens is 2. The van der Waals surface area contributed by atoms with E-state index < -0.39 is 0 Å². The number of nitrogens with two attached hydrogens (primary N) is 1. The normalized spacial score (nSPS) is 13.8. The van der Waals surface area contributed by atoms with Crippen LogP contribution in [0, 0.1) is 0 Å². The Balaban J connectivity index is 1.81. The summed E-state index contributed by atoms with van der Waals surface area (Å²) in [4.78, 5) is 19.3. The molecule has 1 unspecified atom stereocenters. The molecule has 0 radical (unpaired) electrons. The number of hydrogen-bond acceptors (Lipinski definition) is 5. The number of nitrogens with zero attached hydrogens (tertiary/aromatic N) is 2. The summed E-state index contributed by atoms with van der Waals surface area (Å²) in [6, 6.07) is 10.8. The van der Waals surface area contributed by atoms with E-state index in [0.717, 1.165) is 16.7 Å². The second-order valence-electron chi connectivity index (χ2n) is 7.46. The van der Waals surface area contributed by atoms with E-state index in [1.165, 1.54) is 0 Å². The molecule has 0 fully saturated rings. The highest BCUT2D eigenvalue weighted by Gasteiger charge is 2.36. The standard InChI is InChI=1S/C24H23Cl2N3O3/c1-3-32-22-9-14(7-8-21(22)31-2)20(10-16-17(25)11-28-12-18(16)26)29-13-15-5-4-6-19(27)23(15)24(29)30/h4-9,11-12,20H,3,10,13,27H2,1-2H3. The van der Waals surface area contributed by atoms with Gasteiger partial charge in [-0.1, -0.05) is 41.4 Å². The molecule has 1 aliphatic heterocycles. The highest BCUT2D eigenvalue weighted by atomic mass is 35.5. The summed E-state index contributed by atoms with van der Waals surface area (Å²) in [5, 5.41) is 0.898. The summed E-state index contributed by atoms with van der Waals surface area (Å²) in [5.74, 6) is 1.10. The molecule has 166 valence electrons. The lowest BCUT2D eigenvalue weighted by Gasteiger charge is -2.29. The molecule has 1 atom stereocenters. The van der Waals surface area contributed by atoms with Gasteiger partial charge >= 0.3 is 0 Å². The van der Waals surface area contributed by atoms with Crippen LogP contribution in [0.5, 0.6) is 11.5 Å². The van der Waals surface area contributed by atoms with Crippen LogP contribution in [0.25, 0.3) is 0 Å². The van der Waals surface area contributed by atoms with Crippen LogP contribution in [-0.4, -0.2) is 29.5 Å². The fraction of sp³-hybridized carbons (Fsp3) is 0.250. The quantitative estimate of drug-likeness (QED) is 0.471. The highest BCUT2D eigenvalue weighted by Crippen LogP contribution is 2.40. The van der Waals surface area contributed by atoms with Gasteiger partial charge in [0, 0.05) is 31.0 Å². The third-order valence-corrected chi connectivity index (χ3v) is 6.25. The first-order chi connectivity index (χ1) is 15.4. The second-order valence-corrected chi connectivity index (χ2v) is 8.27. The van der Waals surface area contributed by atoms with Crippen LogP contribution in [0.1, 0.15) is 40.0 Å². The number of rotatable bonds is 7. The second kappa shape index (κ2) is 9.27. The Kier molecular flexibility index (Phi) is 6.44. The van der Waals surface area contributed by atoms with Crippen molar-refractivity contribution in [2.75, 3.05) is 19.5 Å². The van der Waals surface area contributed by atoms with Crippen molar-refractivity contribution in [3.8, 4) is 11.5 Å². The first-order valence-electron chi connectivity index (χ1n) is 10.2. The van der Waals surface area contributed by atoms with E-state index in [9.17, 15) is 4.79 Å². The Morgan fingerprint density at radius 2 is 1.91 bits per heavy atom. The first kappa shape index (κ1) is 22.2. The molecule has 0 aliphatic carbocycles. The summed E-state index contributed by atoms with van der Waals surface area (Å²) in [6.45, 7) is 2.82. The number of methoxy groups -OCH3 is 1. The number of ether oxygens (including phenoxy) is 2. The first-order valence-corrected chi connectivity index (χ1v) is 11.0. The highest BCUT2D eigenvalue weighted by molar-refractivity contribution is 6.35. The number of anilines is 1. The number of hydrogen-bond donors (Lipinski definition) is 1. The summed E-state index contributed by atoms with van der Waals surface area (Å²) >= 11 is 12.9. The van der Waals surface area contributed by atoms with Gasteiger partial charge in [0.1, 0.15) is 0 Å². The number of carbonyl (C=O) groups excluding carboxylic acids is 1. The number of fused-ring (bicyclic) bond motifs is 1. The predicted octanol–water partition coefficient (Wildman–Crippen LogP) is 5.32. The molecule has 2 heterocycles. The summed E-state index contributed by atoms with van der Waals surface area (Å²) in [7, 11) is 1.59. The van der Waals surface area contributed by atoms with Crippen LogP contribution in [-0.2, 0) is 13.0 Å². The van der Waals surface area contributed by atoms with Crippen LogP contribution in [0.3, 0.4) is 0 Å². The maximum Gasteiger partial charge on any atom is 0.257 e. The molecule has 32 heavy (non-hydrogen) atoms. The molecule has 1 aliphatic rings. The lowest BCUT2D eigenvalue weighted by Crippen LogP contribution is -2.31. The van der Waals surface area contributed by atoms with Gasteiger partial charge in [-0.2, -0.15) is 0 Å². The molecule has 1 amide bonds. The zero-order chi connectivity index (χ0) is 22.8. The van der Waals surface area contributed by atoms with Crippen LogP contribution < -0.4 is 15.2 Å². The maximum atomic E-state index is 13.4. The zero-order valence-electron chi connectivity index (χ0n) is 17.8. The van der Waals surface area contributed by atoms with E-state index in [-0.39, 0.29) is 11.9 Å². The van der Waals surface area contributed by atoms with Crippen LogP contribution in [0.15, 0.2) is 48.8 Å². The van der Waals surface area contributed by atoms with Gasteiger partial charge in [-0.25, -0.2) is 0 Å². The van der Waals surface area contributed by atoms with Crippen molar-refractivity contribution in [2.45, 2.75) is 25.9 Å². The van der Waals surface area contributed by atoms with Gasteiger partial charge < -0.3 is 20.1 Å². The maximum absolute atomic E-state index is 13.4. The summed E-state index contributed by atoms with van der Waals surface area (Å²) in [6.07, 6.45) is 3.51. The van der Waals surface area contributed by atoms with Gasteiger partial charge in [-0.05, 0) is 41.8 Å². The summed E-state index contributed by atoms with van der Waals surface area (Å²) < 4.78 is 11.2. The van der Waals surface area contributed by atoms with Crippen molar-refractivity contribution < 1.29 is 14.3 Å². The Bertz CT molecular complexity index is 1150. The lowest BCUT2D eigenvalue weighted by molar-refractivity contribution is 0.0700. The molecule has 0 spiro atoms. The SMILES string of the molecule is CCOc1cc(C(Cc2c(Cl)cncc2Cl)N2Cc3cccc(N)c3C2=O)ccc1OC. The number of nitrogen functional groups attached to an aromatic ring is 1. The Labute approximate surface area is 196 Å². The minimum Gasteiger partial charge on any atom is -0.493 e. The fourth-order valence-corrected chi connectivity index (χ4v) is 4.59. The van der Waals surface area contributed by atoms with Crippen molar-refractivity contribution in [2.24, 2.45) is 0 Å². The Morgan fingerprint density at radius 3 is 2.56 bits per heavy atom. The minimum atomic E-state index is -0.364. The molecule has 6 nitrogen and oxygen atoms in total. The monoisotopic (exact) mass is 471 g/mol. The Morgan fingerprint density at radius 1 is 1.16 bits per heavy atom. The van der Waals surface area contributed by atoms with Crippen molar-refractivity contribution in [1.29, 1.82) is 0 Å². The van der Waals surface area contributed by atoms with Crippen LogP contribution in [0.4, 0.5) is 5.69 Å². The molecule has 0 saturated heterocycles. The third kappa shape index (κ3) is 4.08. The molecular formula is C24H23Cl2N3O3. The average Bonchev–Trinajstić information content (AvgIpc) is 3.11. The van der Waals surface area contributed by atoms with Crippen LogP contribution in [0.2, 0.25) is 10.0 Å². The summed E-state index contributed by atoms with van der Waals surface area (Å²) in [5.41, 5.74) is 9.63. The van der Waals surface area contributed by atoms with Gasteiger partial charge in [-0.15, -0.1) is 0 Å². The topological polar surface area (TPSA) is 77.7 Å². The molecule has 1 aromatic heterocycles. The Hall–Kier alpha value is -2.96. The zero-order valence-corrected chi connectivity index (χ0v) is 19.3. The average molecular weight is 472 g/mol. The number of carbonyl (C=O) groups is 1. The van der Waals surface area contributed by atoms with Crippen molar-refractivity contribution in [1.82, 2.24) is 9.88 Å². The van der Waals surface area contributed by atoms with E-state index in [2.05, 4.69) is 4.98 Å². The van der Waals surface area contributed by atoms with E-state index in [1.807, 2.05) is 37.3 Å². The van der Waals surface area contributed by atoms with E-state index in [0.29, 0.717) is 52.4 Å². The van der Waals surface area contributed by atoms with Gasteiger partial charge in [0.25, 0.3) is 5.91 Å². The molecule has 2 aromatic carbocycles. The van der Waals surface area contributed by atoms with Gasteiger partial charge in [0.15, 0.2) is 11.5 Å². The largest absolute Gasteiger partial charge is 0.493 e. The van der Waals surface area contributed by atoms with E-state index in [1.54, 1.807) is 30.5 Å². The number of amides is 1. The van der Waals surface area contributed by atoms with Crippen molar-refractivity contribution in [3.63, 3.8) is 0 Å². The van der Waals surface area contributed by atoms with Gasteiger partial charge in [0.05, 0.1) is 35.4 Å². The number of pyridine rings is 1. The van der Waals surface area contributed by atoms with Gasteiger partial charge in [0.2, 0.25) is 0 Å². The minimum absolute atomic E-state index is 0.127. The lowest BCUT2D eigenvalue weighted by atomic mass is 9.97. The van der Waals surface area contributed by atoms with E-state index in [4.69, 9.17) is 38.4 Å². The predicted molar refractivity (Wildman–Crippen MR) is 126 cm³/mol. The van der Waals surface area contributed by atoms with Gasteiger partial charge in [-0.3, -0.25) is 9.78 Å². The number of aromatic nitrogens is 1. The number of benzene rings is 2. The third-order valence-electron chi connectivity index (χ3n) is 5.60. The molecule has 0 bridgehead atoms. The molecule has 2 N–H and O–H groups in total. The van der Waals surface area contributed by atoms with E-state index >= 15 is 0 Å². The molecule has 8 heteroatoms. The smallest absolute Gasteiger partial charge is 0.257 e. The van der Waals surface area contributed by atoms with Crippen molar-refractivity contribution in [3.05, 3.63) is 81.1 Å². The molecule has 4 rings (SSSR count). The molecular weight excluding hydrogens is 449 g/mol. The molecule has 3 aromatic rings. The fourth-order valence-electron chi connectivity index (χ4n) is 4.07.